The first-order chi connectivity index (χ1) is 18.0. The molecule has 0 spiro atoms. The van der Waals surface area contributed by atoms with Crippen molar-refractivity contribution in [1.82, 2.24) is 10.2 Å². The Morgan fingerprint density at radius 2 is 1.68 bits per heavy atom. The average molecular weight is 497 g/mol. The highest BCUT2D eigenvalue weighted by atomic mass is 16.3. The molecule has 190 valence electrons. The topological polar surface area (TPSA) is 82.8 Å². The van der Waals surface area contributed by atoms with Gasteiger partial charge in [0.15, 0.2) is 0 Å². The lowest BCUT2D eigenvalue weighted by Gasteiger charge is -2.32. The summed E-state index contributed by atoms with van der Waals surface area (Å²) in [5.74, 6) is 0.742. The van der Waals surface area contributed by atoms with E-state index in [9.17, 15) is 14.7 Å². The SMILES string of the molecule is Cc1oc2c(CN3CCC(NC(=O)CCc4ccccc4)CC3)c(O)ccc2c(=O)c1-c1ccccc1. The normalized spacial score (nSPS) is 14.6. The number of benzene rings is 3. The number of piperidine rings is 1. The summed E-state index contributed by atoms with van der Waals surface area (Å²) in [7, 11) is 0. The maximum atomic E-state index is 13.4. The number of amides is 1. The highest BCUT2D eigenvalue weighted by molar-refractivity contribution is 5.86. The predicted octanol–water partition coefficient (Wildman–Crippen LogP) is 5.19. The first-order valence-corrected chi connectivity index (χ1v) is 12.9. The quantitative estimate of drug-likeness (QED) is 0.368. The molecule has 1 fully saturated rings. The van der Waals surface area contributed by atoms with Crippen LogP contribution in [0.4, 0.5) is 0 Å². The number of aromatic hydroxyl groups is 1. The van der Waals surface area contributed by atoms with Crippen LogP contribution in [-0.2, 0) is 17.8 Å². The van der Waals surface area contributed by atoms with Crippen LogP contribution in [0.1, 0.15) is 36.1 Å². The molecule has 1 saturated heterocycles. The van der Waals surface area contributed by atoms with Crippen molar-refractivity contribution in [2.24, 2.45) is 0 Å². The van der Waals surface area contributed by atoms with Crippen LogP contribution in [0.15, 0.2) is 82.0 Å². The molecule has 37 heavy (non-hydrogen) atoms. The van der Waals surface area contributed by atoms with E-state index in [2.05, 4.69) is 10.2 Å². The third-order valence-corrected chi connectivity index (χ3v) is 7.20. The molecule has 2 N–H and O–H groups in total. The van der Waals surface area contributed by atoms with Crippen molar-refractivity contribution in [3.63, 3.8) is 0 Å². The number of nitrogens with zero attached hydrogens (tertiary/aromatic N) is 1. The van der Waals surface area contributed by atoms with E-state index in [1.807, 2.05) is 60.7 Å². The zero-order valence-electron chi connectivity index (χ0n) is 21.1. The smallest absolute Gasteiger partial charge is 0.220 e. The number of carbonyl (C=O) groups excluding carboxylic acids is 1. The zero-order chi connectivity index (χ0) is 25.8. The Bertz CT molecular complexity index is 1440. The van der Waals surface area contributed by atoms with E-state index in [-0.39, 0.29) is 23.1 Å². The molecular weight excluding hydrogens is 464 g/mol. The Labute approximate surface area is 216 Å². The molecule has 1 amide bonds. The number of hydrogen-bond acceptors (Lipinski definition) is 5. The van der Waals surface area contributed by atoms with Crippen molar-refractivity contribution < 1.29 is 14.3 Å². The maximum absolute atomic E-state index is 13.4. The first kappa shape index (κ1) is 24.8. The largest absolute Gasteiger partial charge is 0.507 e. The monoisotopic (exact) mass is 496 g/mol. The maximum Gasteiger partial charge on any atom is 0.220 e. The van der Waals surface area contributed by atoms with Crippen molar-refractivity contribution in [1.29, 1.82) is 0 Å². The minimum Gasteiger partial charge on any atom is -0.507 e. The number of phenols is 1. The summed E-state index contributed by atoms with van der Waals surface area (Å²) in [6.07, 6.45) is 2.90. The van der Waals surface area contributed by atoms with Crippen molar-refractivity contribution in [3.8, 4) is 16.9 Å². The van der Waals surface area contributed by atoms with Crippen molar-refractivity contribution in [2.45, 2.75) is 45.2 Å². The molecule has 6 heteroatoms. The molecule has 6 nitrogen and oxygen atoms in total. The lowest BCUT2D eigenvalue weighted by Crippen LogP contribution is -2.44. The Balaban J connectivity index is 1.25. The van der Waals surface area contributed by atoms with Gasteiger partial charge in [0.25, 0.3) is 0 Å². The minimum atomic E-state index is -0.0943. The molecule has 4 aromatic rings. The van der Waals surface area contributed by atoms with Gasteiger partial charge in [-0.25, -0.2) is 0 Å². The van der Waals surface area contributed by atoms with Gasteiger partial charge in [0.05, 0.1) is 16.5 Å². The van der Waals surface area contributed by atoms with Crippen LogP contribution in [0.25, 0.3) is 22.1 Å². The summed E-state index contributed by atoms with van der Waals surface area (Å²) >= 11 is 0. The third kappa shape index (κ3) is 5.59. The summed E-state index contributed by atoms with van der Waals surface area (Å²) in [6, 6.07) is 22.9. The molecule has 0 unspecified atom stereocenters. The van der Waals surface area contributed by atoms with Gasteiger partial charge in [0.1, 0.15) is 17.1 Å². The first-order valence-electron chi connectivity index (χ1n) is 12.9. The molecule has 0 bridgehead atoms. The number of likely N-dealkylation sites (tertiary alicyclic amines) is 1. The molecule has 1 aliphatic rings. The number of phenolic OH excluding ortho intramolecular Hbond substituents is 1. The molecular formula is C31H32N2O4. The summed E-state index contributed by atoms with van der Waals surface area (Å²) in [4.78, 5) is 28.1. The van der Waals surface area contributed by atoms with E-state index in [1.165, 1.54) is 5.56 Å². The fourth-order valence-corrected chi connectivity index (χ4v) is 5.16. The number of rotatable bonds is 7. The van der Waals surface area contributed by atoms with E-state index in [1.54, 1.807) is 19.1 Å². The molecule has 0 aliphatic carbocycles. The Kier molecular flexibility index (Phi) is 7.37. The number of hydrogen-bond donors (Lipinski definition) is 2. The second-order valence-corrected chi connectivity index (χ2v) is 9.77. The number of nitrogens with one attached hydrogen (secondary N) is 1. The lowest BCUT2D eigenvalue weighted by atomic mass is 10.00. The second-order valence-electron chi connectivity index (χ2n) is 9.77. The molecule has 5 rings (SSSR count). The molecule has 0 radical (unpaired) electrons. The summed E-state index contributed by atoms with van der Waals surface area (Å²) < 4.78 is 6.18. The molecule has 1 aliphatic heterocycles. The predicted molar refractivity (Wildman–Crippen MR) is 146 cm³/mol. The highest BCUT2D eigenvalue weighted by Crippen LogP contribution is 2.31. The fraction of sp³-hybridized carbons (Fsp3) is 0.290. The van der Waals surface area contributed by atoms with Gasteiger partial charge in [-0.2, -0.15) is 0 Å². The molecule has 3 aromatic carbocycles. The van der Waals surface area contributed by atoms with Gasteiger partial charge in [0.2, 0.25) is 11.3 Å². The van der Waals surface area contributed by atoms with E-state index in [0.717, 1.165) is 37.9 Å². The van der Waals surface area contributed by atoms with Crippen LogP contribution in [-0.4, -0.2) is 35.0 Å². The Morgan fingerprint density at radius 3 is 2.38 bits per heavy atom. The van der Waals surface area contributed by atoms with E-state index in [0.29, 0.717) is 40.8 Å². The molecule has 2 heterocycles. The van der Waals surface area contributed by atoms with Gasteiger partial charge in [-0.1, -0.05) is 60.7 Å². The summed E-state index contributed by atoms with van der Waals surface area (Å²) in [5, 5.41) is 14.3. The van der Waals surface area contributed by atoms with Crippen LogP contribution in [0.5, 0.6) is 5.75 Å². The van der Waals surface area contributed by atoms with Gasteiger partial charge in [0, 0.05) is 32.1 Å². The minimum absolute atomic E-state index is 0.0838. The molecule has 1 aromatic heterocycles. The van der Waals surface area contributed by atoms with Gasteiger partial charge < -0.3 is 14.8 Å². The van der Waals surface area contributed by atoms with Crippen molar-refractivity contribution in [2.75, 3.05) is 13.1 Å². The highest BCUT2D eigenvalue weighted by Gasteiger charge is 2.24. The number of carbonyl (C=O) groups is 1. The van der Waals surface area contributed by atoms with Gasteiger partial charge >= 0.3 is 0 Å². The summed E-state index contributed by atoms with van der Waals surface area (Å²) in [5.41, 5.74) is 3.51. The molecule has 0 saturated carbocycles. The van der Waals surface area contributed by atoms with Gasteiger partial charge in [-0.3, -0.25) is 14.5 Å². The Morgan fingerprint density at radius 1 is 1.00 bits per heavy atom. The van der Waals surface area contributed by atoms with Crippen LogP contribution in [0.2, 0.25) is 0 Å². The van der Waals surface area contributed by atoms with Gasteiger partial charge in [-0.15, -0.1) is 0 Å². The third-order valence-electron chi connectivity index (χ3n) is 7.20. The number of aryl methyl sites for hydroxylation is 2. The van der Waals surface area contributed by atoms with Crippen LogP contribution in [0, 0.1) is 6.92 Å². The lowest BCUT2D eigenvalue weighted by molar-refractivity contribution is -0.122. The second kappa shape index (κ2) is 11.0. The van der Waals surface area contributed by atoms with Crippen LogP contribution >= 0.6 is 0 Å². The average Bonchev–Trinajstić information content (AvgIpc) is 2.91. The molecule has 0 atom stereocenters. The van der Waals surface area contributed by atoms with E-state index >= 15 is 0 Å². The van der Waals surface area contributed by atoms with Crippen LogP contribution < -0.4 is 10.7 Å². The van der Waals surface area contributed by atoms with E-state index in [4.69, 9.17) is 4.42 Å². The number of fused-ring (bicyclic) bond motifs is 1. The van der Waals surface area contributed by atoms with Crippen LogP contribution in [0.3, 0.4) is 0 Å². The van der Waals surface area contributed by atoms with E-state index < -0.39 is 0 Å². The zero-order valence-corrected chi connectivity index (χ0v) is 21.1. The summed E-state index contributed by atoms with van der Waals surface area (Å²) in [6.45, 7) is 3.84. The Hall–Kier alpha value is -3.90. The van der Waals surface area contributed by atoms with Gasteiger partial charge in [-0.05, 0) is 49.4 Å². The standard InChI is InChI=1S/C31H32N2O4/c1-21-29(23-10-6-3-7-11-23)30(36)25-13-14-27(34)26(31(25)37-21)20-33-18-16-24(17-19-33)32-28(35)15-12-22-8-4-2-5-9-22/h2-11,13-14,24,34H,12,15-20H2,1H3,(H,32,35). The van der Waals surface area contributed by atoms with Crippen molar-refractivity contribution >= 4 is 16.9 Å². The fourth-order valence-electron chi connectivity index (χ4n) is 5.16. The van der Waals surface area contributed by atoms with Crippen molar-refractivity contribution in [3.05, 3.63) is 99.9 Å².